The number of carbonyl (C=O) groups excluding carboxylic acids is 1. The maximum atomic E-state index is 12.5. The monoisotopic (exact) mass is 480 g/mol. The summed E-state index contributed by atoms with van der Waals surface area (Å²) < 4.78 is 1.89. The highest BCUT2D eigenvalue weighted by atomic mass is 16.4. The third-order valence-corrected chi connectivity index (χ3v) is 5.21. The molecular weight excluding hydrogens is 449 g/mol. The number of aromatic hydroxyl groups is 1. The highest BCUT2D eigenvalue weighted by Gasteiger charge is 2.27. The van der Waals surface area contributed by atoms with E-state index in [1.807, 2.05) is 54.9 Å². The predicted molar refractivity (Wildman–Crippen MR) is 133 cm³/mol. The van der Waals surface area contributed by atoms with Crippen molar-refractivity contribution < 1.29 is 34.4 Å². The Morgan fingerprint density at radius 1 is 1.00 bits per heavy atom. The first-order valence-electron chi connectivity index (χ1n) is 11.3. The van der Waals surface area contributed by atoms with Gasteiger partial charge in [-0.2, -0.15) is 0 Å². The summed E-state index contributed by atoms with van der Waals surface area (Å²) in [6.45, 7) is 4.58. The number of para-hydroxylation sites is 1. The van der Waals surface area contributed by atoms with Gasteiger partial charge in [0.1, 0.15) is 17.9 Å². The Morgan fingerprint density at radius 3 is 2.26 bits per heavy atom. The van der Waals surface area contributed by atoms with E-state index in [1.165, 1.54) is 18.2 Å². The lowest BCUT2D eigenvalue weighted by atomic mass is 9.75. The van der Waals surface area contributed by atoms with E-state index in [2.05, 4.69) is 5.32 Å². The second kappa shape index (κ2) is 13.1. The van der Waals surface area contributed by atoms with Crippen LogP contribution in [-0.4, -0.2) is 45.2 Å². The number of aromatic nitrogens is 1. The normalized spacial score (nSPS) is 11.1. The molecule has 1 amide bonds. The lowest BCUT2D eigenvalue weighted by Crippen LogP contribution is -2.48. The molecule has 35 heavy (non-hydrogen) atoms. The fourth-order valence-electron chi connectivity index (χ4n) is 3.43. The van der Waals surface area contributed by atoms with Gasteiger partial charge in [0.05, 0.1) is 18.6 Å². The molecule has 2 aromatic carbocycles. The van der Waals surface area contributed by atoms with Crippen molar-refractivity contribution in [3.63, 3.8) is 0 Å². The van der Waals surface area contributed by atoms with Crippen molar-refractivity contribution in [2.24, 2.45) is 0 Å². The van der Waals surface area contributed by atoms with Crippen molar-refractivity contribution in [2.75, 3.05) is 5.73 Å². The van der Waals surface area contributed by atoms with Gasteiger partial charge in [-0.05, 0) is 35.2 Å². The Hall–Kier alpha value is -3.89. The Bertz CT molecular complexity index is 1140. The number of nitrogens with zero attached hydrogens (tertiary/aromatic N) is 1. The first-order chi connectivity index (χ1) is 16.7. The number of hydrogen-bond acceptors (Lipinski definition) is 6. The van der Waals surface area contributed by atoms with Gasteiger partial charge in [0.25, 0.3) is 5.82 Å². The van der Waals surface area contributed by atoms with E-state index < -0.39 is 30.7 Å². The maximum absolute atomic E-state index is 12.5. The molecule has 0 bridgehead atoms. The number of rotatable bonds is 9. The summed E-state index contributed by atoms with van der Waals surface area (Å²) in [6.07, 6.45) is 1.72. The Labute approximate surface area is 204 Å². The van der Waals surface area contributed by atoms with Crippen LogP contribution in [0.2, 0.25) is 0 Å². The Balaban J connectivity index is 0.00000210. The van der Waals surface area contributed by atoms with Gasteiger partial charge < -0.3 is 25.6 Å². The molecule has 10 heteroatoms. The molecule has 0 aliphatic carbocycles. The van der Waals surface area contributed by atoms with E-state index in [0.29, 0.717) is 12.4 Å². The number of nitrogens with two attached hydrogens (primary N) is 1. The molecule has 0 aliphatic heterocycles. The second-order valence-corrected chi connectivity index (χ2v) is 7.66. The van der Waals surface area contributed by atoms with Gasteiger partial charge in [-0.15, -0.1) is 0 Å². The first kappa shape index (κ1) is 27.4. The van der Waals surface area contributed by atoms with Crippen molar-refractivity contribution in [3.8, 4) is 5.75 Å². The first-order valence-corrected chi connectivity index (χ1v) is 11.3. The van der Waals surface area contributed by atoms with Crippen molar-refractivity contribution in [1.29, 1.82) is 0 Å². The molecule has 7 N–H and O–H groups in total. The zero-order chi connectivity index (χ0) is 26.0. The van der Waals surface area contributed by atoms with Gasteiger partial charge in [-0.25, -0.2) is 9.36 Å². The minimum atomic E-state index is -1.91. The van der Waals surface area contributed by atoms with E-state index in [4.69, 9.17) is 10.8 Å². The molecule has 0 fully saturated rings. The van der Waals surface area contributed by atoms with Crippen molar-refractivity contribution in [2.45, 2.75) is 39.2 Å². The van der Waals surface area contributed by atoms with E-state index in [-0.39, 0.29) is 24.0 Å². The lowest BCUT2D eigenvalue weighted by molar-refractivity contribution is -0.674. The van der Waals surface area contributed by atoms with Crippen molar-refractivity contribution in [1.82, 2.24) is 5.32 Å². The largest absolute Gasteiger partial charge is 0.507 e. The summed E-state index contributed by atoms with van der Waals surface area (Å²) in [4.78, 5) is 23.7. The molecule has 3 rings (SSSR count). The number of pyridine rings is 1. The summed E-state index contributed by atoms with van der Waals surface area (Å²) >= 11 is 0. The van der Waals surface area contributed by atoms with Crippen LogP contribution in [0.15, 0.2) is 66.9 Å². The van der Waals surface area contributed by atoms with E-state index in [9.17, 15) is 24.7 Å². The van der Waals surface area contributed by atoms with Crippen LogP contribution in [0.25, 0.3) is 0 Å². The standard InChI is InChI=1S/C23H24BN3O6.C2H6/c25-20-6-1-2-11-27(20)14-16-9-7-15(8-10-16)12-21(28)26-19(24(32)33)13-17-4-3-5-18(22(17)29)23(30)31;1-2/h1-11,19,25,32-33H,12-14H2,(H3,26,28,29,30,31);1-2H3/p+1/t19-;/m0./s1. The highest BCUT2D eigenvalue weighted by Crippen LogP contribution is 2.24. The second-order valence-electron chi connectivity index (χ2n) is 7.66. The number of benzene rings is 2. The molecule has 0 spiro atoms. The Morgan fingerprint density at radius 2 is 1.66 bits per heavy atom. The Kier molecular flexibility index (Phi) is 10.3. The fourth-order valence-corrected chi connectivity index (χ4v) is 3.43. The summed E-state index contributed by atoms with van der Waals surface area (Å²) in [5.41, 5.74) is 7.54. The summed E-state index contributed by atoms with van der Waals surface area (Å²) in [6, 6.07) is 17.1. The number of carboxylic acid groups (broad SMARTS) is 1. The van der Waals surface area contributed by atoms with Crippen LogP contribution in [0.3, 0.4) is 0 Å². The summed E-state index contributed by atoms with van der Waals surface area (Å²) in [5.74, 6) is -2.73. The van der Waals surface area contributed by atoms with Crippen molar-refractivity contribution in [3.05, 3.63) is 89.1 Å². The van der Waals surface area contributed by atoms with Gasteiger partial charge in [-0.3, -0.25) is 10.5 Å². The third kappa shape index (κ3) is 7.84. The molecular formula is C25H31BN3O6+. The number of nitrogen functional groups attached to an aromatic ring is 1. The van der Waals surface area contributed by atoms with Crippen LogP contribution in [0, 0.1) is 0 Å². The number of amides is 1. The molecule has 3 aromatic rings. The van der Waals surface area contributed by atoms with Gasteiger partial charge in [0.2, 0.25) is 5.91 Å². The van der Waals surface area contributed by atoms with Gasteiger partial charge in [0, 0.05) is 6.07 Å². The smallest absolute Gasteiger partial charge is 0.475 e. The number of anilines is 1. The van der Waals surface area contributed by atoms with E-state index in [0.717, 1.165) is 11.1 Å². The fraction of sp³-hybridized carbons (Fsp3) is 0.240. The number of carbonyl (C=O) groups is 2. The average Bonchev–Trinajstić information content (AvgIpc) is 2.83. The average molecular weight is 480 g/mol. The van der Waals surface area contributed by atoms with Gasteiger partial charge in [0.15, 0.2) is 0 Å². The summed E-state index contributed by atoms with van der Waals surface area (Å²) in [5, 5.41) is 41.2. The number of phenols is 1. The zero-order valence-corrected chi connectivity index (χ0v) is 19.8. The molecule has 0 saturated carbocycles. The molecule has 0 saturated heterocycles. The molecule has 1 heterocycles. The van der Waals surface area contributed by atoms with Crippen LogP contribution < -0.4 is 15.6 Å². The molecule has 0 radical (unpaired) electrons. The van der Waals surface area contributed by atoms with Crippen LogP contribution in [0.4, 0.5) is 5.82 Å². The number of hydrogen-bond donors (Lipinski definition) is 6. The van der Waals surface area contributed by atoms with E-state index >= 15 is 0 Å². The lowest BCUT2D eigenvalue weighted by Gasteiger charge is -2.19. The van der Waals surface area contributed by atoms with Crippen LogP contribution in [-0.2, 0) is 24.2 Å². The minimum Gasteiger partial charge on any atom is -0.507 e. The van der Waals surface area contributed by atoms with Crippen LogP contribution >= 0.6 is 0 Å². The maximum Gasteiger partial charge on any atom is 0.475 e. The number of carboxylic acids is 1. The highest BCUT2D eigenvalue weighted by molar-refractivity contribution is 6.43. The minimum absolute atomic E-state index is 0.00522. The summed E-state index contributed by atoms with van der Waals surface area (Å²) in [7, 11) is -1.91. The number of aromatic carboxylic acids is 1. The molecule has 1 atom stereocenters. The van der Waals surface area contributed by atoms with Gasteiger partial charge >= 0.3 is 13.1 Å². The topological polar surface area (TPSA) is 157 Å². The SMILES string of the molecule is CC.Nc1cccc[n+]1Cc1ccc(CC(=O)N[C@@H](Cc2cccc(C(=O)O)c2O)B(O)O)cc1. The third-order valence-electron chi connectivity index (χ3n) is 5.21. The predicted octanol–water partition coefficient (Wildman–Crippen LogP) is 1.32. The van der Waals surface area contributed by atoms with Crippen LogP contribution in [0.5, 0.6) is 5.75 Å². The molecule has 0 unspecified atom stereocenters. The van der Waals surface area contributed by atoms with E-state index in [1.54, 1.807) is 12.1 Å². The number of nitrogens with one attached hydrogen (secondary N) is 1. The van der Waals surface area contributed by atoms with Crippen LogP contribution in [0.1, 0.15) is 40.9 Å². The molecule has 9 nitrogen and oxygen atoms in total. The zero-order valence-electron chi connectivity index (χ0n) is 19.8. The molecule has 1 aromatic heterocycles. The molecule has 184 valence electrons. The molecule has 0 aliphatic rings. The van der Waals surface area contributed by atoms with Crippen molar-refractivity contribution >= 4 is 24.8 Å². The quantitative estimate of drug-likeness (QED) is 0.199. The van der Waals surface area contributed by atoms with Gasteiger partial charge in [-0.1, -0.05) is 56.3 Å².